The maximum Gasteiger partial charge on any atom is 0.406 e. The van der Waals surface area contributed by atoms with Crippen molar-refractivity contribution in [3.63, 3.8) is 0 Å². The molecule has 3 aromatic carbocycles. The van der Waals surface area contributed by atoms with Crippen molar-refractivity contribution in [3.8, 4) is 17.2 Å². The van der Waals surface area contributed by atoms with Crippen LogP contribution in [0.3, 0.4) is 0 Å². The maximum absolute atomic E-state index is 13.9. The molecule has 33 heavy (non-hydrogen) atoms. The van der Waals surface area contributed by atoms with E-state index in [9.17, 15) is 18.0 Å². The van der Waals surface area contributed by atoms with Crippen LogP contribution in [-0.4, -0.2) is 25.9 Å². The van der Waals surface area contributed by atoms with Gasteiger partial charge in [0, 0.05) is 0 Å². The SMILES string of the molecule is CCCCCCOc1ccccc1OC(=O)[C@@H](c1ccc2cc(OC)ccc2c1)C(F)(F)F. The smallest absolute Gasteiger partial charge is 0.406 e. The van der Waals surface area contributed by atoms with Gasteiger partial charge in [-0.15, -0.1) is 0 Å². The van der Waals surface area contributed by atoms with E-state index >= 15 is 0 Å². The first-order valence-corrected chi connectivity index (χ1v) is 10.9. The standard InChI is InChI=1S/C26H27F3O4/c1-3-4-5-8-15-32-22-9-6-7-10-23(22)33-25(30)24(26(27,28)29)20-12-11-19-17-21(31-2)14-13-18(19)16-20/h6-7,9-14,16-17,24H,3-5,8,15H2,1-2H3/t24-/m1/s1. The number of methoxy groups -OCH3 is 1. The highest BCUT2D eigenvalue weighted by atomic mass is 19.4. The molecule has 0 saturated carbocycles. The van der Waals surface area contributed by atoms with Crippen LogP contribution in [-0.2, 0) is 4.79 Å². The molecule has 176 valence electrons. The molecule has 0 fully saturated rings. The van der Waals surface area contributed by atoms with Crippen LogP contribution in [0.1, 0.15) is 44.1 Å². The fourth-order valence-electron chi connectivity index (χ4n) is 3.54. The third kappa shape index (κ3) is 6.40. The number of fused-ring (bicyclic) bond motifs is 1. The van der Waals surface area contributed by atoms with Gasteiger partial charge in [-0.2, -0.15) is 13.2 Å². The number of hydrogen-bond acceptors (Lipinski definition) is 4. The highest BCUT2D eigenvalue weighted by molar-refractivity contribution is 5.88. The number of carbonyl (C=O) groups excluding carboxylic acids is 1. The number of esters is 1. The molecule has 0 N–H and O–H groups in total. The summed E-state index contributed by atoms with van der Waals surface area (Å²) in [5, 5.41) is 1.26. The van der Waals surface area contributed by atoms with Crippen LogP contribution in [0.25, 0.3) is 10.8 Å². The Hall–Kier alpha value is -3.22. The Morgan fingerprint density at radius 2 is 1.61 bits per heavy atom. The topological polar surface area (TPSA) is 44.8 Å². The molecule has 3 rings (SSSR count). The molecule has 0 aliphatic rings. The van der Waals surface area contributed by atoms with Crippen molar-refractivity contribution in [2.45, 2.75) is 44.7 Å². The lowest BCUT2D eigenvalue weighted by Gasteiger charge is -2.20. The van der Waals surface area contributed by atoms with Crippen molar-refractivity contribution in [3.05, 3.63) is 66.2 Å². The molecule has 4 nitrogen and oxygen atoms in total. The summed E-state index contributed by atoms with van der Waals surface area (Å²) in [6.07, 6.45) is -0.875. The third-order valence-electron chi connectivity index (χ3n) is 5.28. The number of unbranched alkanes of at least 4 members (excludes halogenated alkanes) is 3. The quantitative estimate of drug-likeness (QED) is 0.185. The molecule has 0 radical (unpaired) electrons. The summed E-state index contributed by atoms with van der Waals surface area (Å²) < 4.78 is 57.9. The van der Waals surface area contributed by atoms with Gasteiger partial charge < -0.3 is 14.2 Å². The highest BCUT2D eigenvalue weighted by Crippen LogP contribution is 2.38. The summed E-state index contributed by atoms with van der Waals surface area (Å²) >= 11 is 0. The second-order valence-corrected chi connectivity index (χ2v) is 7.72. The Kier molecular flexibility index (Phi) is 8.20. The molecule has 3 aromatic rings. The fourth-order valence-corrected chi connectivity index (χ4v) is 3.54. The fraction of sp³-hybridized carbons (Fsp3) is 0.346. The number of hydrogen-bond donors (Lipinski definition) is 0. The van der Waals surface area contributed by atoms with Crippen LogP contribution in [0.4, 0.5) is 13.2 Å². The number of ether oxygens (including phenoxy) is 3. The molecule has 0 amide bonds. The normalized spacial score (nSPS) is 12.4. The average molecular weight is 460 g/mol. The van der Waals surface area contributed by atoms with Gasteiger partial charge >= 0.3 is 12.1 Å². The second kappa shape index (κ2) is 11.1. The molecule has 7 heteroatoms. The van der Waals surface area contributed by atoms with Crippen LogP contribution in [0.2, 0.25) is 0 Å². The van der Waals surface area contributed by atoms with E-state index in [2.05, 4.69) is 6.92 Å². The number of para-hydroxylation sites is 2. The number of benzene rings is 3. The first-order chi connectivity index (χ1) is 15.8. The van der Waals surface area contributed by atoms with E-state index in [0.717, 1.165) is 25.7 Å². The van der Waals surface area contributed by atoms with Gasteiger partial charge in [0.1, 0.15) is 5.75 Å². The predicted octanol–water partition coefficient (Wildman–Crippen LogP) is 7.06. The molecule has 0 aromatic heterocycles. The van der Waals surface area contributed by atoms with Gasteiger partial charge in [0.05, 0.1) is 13.7 Å². The Labute approximate surface area is 191 Å². The third-order valence-corrected chi connectivity index (χ3v) is 5.28. The lowest BCUT2D eigenvalue weighted by atomic mass is 9.95. The molecule has 0 spiro atoms. The minimum atomic E-state index is -4.83. The molecular formula is C26H27F3O4. The van der Waals surface area contributed by atoms with Gasteiger partial charge in [-0.05, 0) is 53.1 Å². The van der Waals surface area contributed by atoms with E-state index in [-0.39, 0.29) is 17.1 Å². The molecule has 0 heterocycles. The summed E-state index contributed by atoms with van der Waals surface area (Å²) in [5.74, 6) is -3.03. The molecule has 0 aliphatic carbocycles. The number of halogens is 3. The zero-order valence-corrected chi connectivity index (χ0v) is 18.7. The molecule has 0 aliphatic heterocycles. The lowest BCUT2D eigenvalue weighted by Crippen LogP contribution is -2.32. The van der Waals surface area contributed by atoms with E-state index in [0.29, 0.717) is 23.1 Å². The monoisotopic (exact) mass is 460 g/mol. The molecule has 1 atom stereocenters. The summed E-state index contributed by atoms with van der Waals surface area (Å²) in [6.45, 7) is 2.49. The van der Waals surface area contributed by atoms with Gasteiger partial charge in [0.2, 0.25) is 0 Å². The summed E-state index contributed by atoms with van der Waals surface area (Å²) in [4.78, 5) is 12.7. The van der Waals surface area contributed by atoms with Crippen LogP contribution < -0.4 is 14.2 Å². The minimum Gasteiger partial charge on any atom is -0.497 e. The lowest BCUT2D eigenvalue weighted by molar-refractivity contribution is -0.174. The average Bonchev–Trinajstić information content (AvgIpc) is 2.78. The van der Waals surface area contributed by atoms with Crippen LogP contribution in [0, 0.1) is 0 Å². The minimum absolute atomic E-state index is 0.0298. The Morgan fingerprint density at radius 1 is 0.909 bits per heavy atom. The van der Waals surface area contributed by atoms with Crippen molar-refractivity contribution in [1.82, 2.24) is 0 Å². The van der Waals surface area contributed by atoms with Crippen molar-refractivity contribution in [2.24, 2.45) is 0 Å². The van der Waals surface area contributed by atoms with E-state index in [1.807, 2.05) is 0 Å². The van der Waals surface area contributed by atoms with E-state index in [1.54, 1.807) is 36.4 Å². The first-order valence-electron chi connectivity index (χ1n) is 10.9. The highest BCUT2D eigenvalue weighted by Gasteiger charge is 2.47. The zero-order valence-electron chi connectivity index (χ0n) is 18.7. The van der Waals surface area contributed by atoms with Gasteiger partial charge in [0.25, 0.3) is 0 Å². The second-order valence-electron chi connectivity index (χ2n) is 7.72. The summed E-state index contributed by atoms with van der Waals surface area (Å²) in [5.41, 5.74) is -0.192. The first kappa shape index (κ1) is 24.4. The van der Waals surface area contributed by atoms with Crippen LogP contribution in [0.15, 0.2) is 60.7 Å². The van der Waals surface area contributed by atoms with Crippen LogP contribution >= 0.6 is 0 Å². The predicted molar refractivity (Wildman–Crippen MR) is 121 cm³/mol. The molecule has 0 bridgehead atoms. The molecular weight excluding hydrogens is 433 g/mol. The summed E-state index contributed by atoms with van der Waals surface area (Å²) in [7, 11) is 1.51. The summed E-state index contributed by atoms with van der Waals surface area (Å²) in [6, 6.07) is 15.5. The van der Waals surface area contributed by atoms with Crippen molar-refractivity contribution in [1.29, 1.82) is 0 Å². The molecule has 0 saturated heterocycles. The Balaban J connectivity index is 1.82. The zero-order chi connectivity index (χ0) is 23.8. The van der Waals surface area contributed by atoms with Crippen LogP contribution in [0.5, 0.6) is 17.2 Å². The molecule has 0 unspecified atom stereocenters. The number of alkyl halides is 3. The van der Waals surface area contributed by atoms with E-state index in [4.69, 9.17) is 14.2 Å². The van der Waals surface area contributed by atoms with Crippen molar-refractivity contribution < 1.29 is 32.2 Å². The van der Waals surface area contributed by atoms with Crippen molar-refractivity contribution in [2.75, 3.05) is 13.7 Å². The number of carbonyl (C=O) groups is 1. The largest absolute Gasteiger partial charge is 0.497 e. The van der Waals surface area contributed by atoms with Gasteiger partial charge in [-0.3, -0.25) is 4.79 Å². The van der Waals surface area contributed by atoms with E-state index < -0.39 is 18.1 Å². The van der Waals surface area contributed by atoms with Gasteiger partial charge in [0.15, 0.2) is 17.4 Å². The van der Waals surface area contributed by atoms with Crippen molar-refractivity contribution >= 4 is 16.7 Å². The van der Waals surface area contributed by atoms with Gasteiger partial charge in [-0.25, -0.2) is 0 Å². The Morgan fingerprint density at radius 3 is 2.30 bits per heavy atom. The maximum atomic E-state index is 13.9. The van der Waals surface area contributed by atoms with E-state index in [1.165, 1.54) is 31.4 Å². The Bertz CT molecular complexity index is 1080. The number of rotatable bonds is 10. The van der Waals surface area contributed by atoms with Gasteiger partial charge in [-0.1, -0.05) is 56.5 Å².